The Hall–Kier alpha value is -0.980. The maximum absolute atomic E-state index is 12.2. The number of likely N-dealkylation sites (N-methyl/N-ethyl adjacent to an activating group) is 1. The normalized spacial score (nSPS) is 24.4. The van der Waals surface area contributed by atoms with Crippen molar-refractivity contribution in [2.75, 3.05) is 33.3 Å². The number of thiazole rings is 1. The molecule has 1 aromatic rings. The lowest BCUT2D eigenvalue weighted by atomic mass is 10.0. The van der Waals surface area contributed by atoms with Crippen molar-refractivity contribution in [2.45, 2.75) is 25.9 Å². The minimum Gasteiger partial charge on any atom is -0.363 e. The number of aryl methyl sites for hydroxylation is 1. The highest BCUT2D eigenvalue weighted by Crippen LogP contribution is 2.16. The van der Waals surface area contributed by atoms with E-state index >= 15 is 0 Å². The standard InChI is InChI=1S/C13H21N3O2S/c1-10-8-19-11(15-10)4-5-14-12(17)13(2)9-16(3)6-7-18-13/h8H,4-7,9H2,1-3H3,(H,14,17)/t13-/m1/s1. The molecule has 106 valence electrons. The molecule has 0 saturated carbocycles. The number of ether oxygens (including phenoxy) is 1. The number of rotatable bonds is 4. The quantitative estimate of drug-likeness (QED) is 0.889. The van der Waals surface area contributed by atoms with E-state index in [4.69, 9.17) is 4.74 Å². The number of nitrogens with zero attached hydrogens (tertiary/aromatic N) is 2. The molecule has 0 radical (unpaired) electrons. The summed E-state index contributed by atoms with van der Waals surface area (Å²) in [5.74, 6) is -0.0349. The van der Waals surface area contributed by atoms with Crippen molar-refractivity contribution in [1.82, 2.24) is 15.2 Å². The monoisotopic (exact) mass is 283 g/mol. The van der Waals surface area contributed by atoms with Gasteiger partial charge in [-0.1, -0.05) is 0 Å². The summed E-state index contributed by atoms with van der Waals surface area (Å²) in [6.45, 7) is 6.55. The molecular formula is C13H21N3O2S. The van der Waals surface area contributed by atoms with Gasteiger partial charge in [0.05, 0.1) is 11.6 Å². The van der Waals surface area contributed by atoms with E-state index in [2.05, 4.69) is 15.2 Å². The Labute approximate surface area is 118 Å². The van der Waals surface area contributed by atoms with Gasteiger partial charge in [-0.25, -0.2) is 4.98 Å². The van der Waals surface area contributed by atoms with E-state index in [1.165, 1.54) is 0 Å². The van der Waals surface area contributed by atoms with Crippen LogP contribution < -0.4 is 5.32 Å². The highest BCUT2D eigenvalue weighted by Gasteiger charge is 2.37. The fraction of sp³-hybridized carbons (Fsp3) is 0.692. The third-order valence-electron chi connectivity index (χ3n) is 3.24. The molecule has 0 spiro atoms. The number of hydrogen-bond donors (Lipinski definition) is 1. The molecular weight excluding hydrogens is 262 g/mol. The van der Waals surface area contributed by atoms with Crippen LogP contribution in [0.3, 0.4) is 0 Å². The Balaban J connectivity index is 1.80. The van der Waals surface area contributed by atoms with E-state index in [1.54, 1.807) is 11.3 Å². The van der Waals surface area contributed by atoms with Crippen LogP contribution in [0.1, 0.15) is 17.6 Å². The maximum Gasteiger partial charge on any atom is 0.253 e. The van der Waals surface area contributed by atoms with E-state index < -0.39 is 5.60 Å². The highest BCUT2D eigenvalue weighted by atomic mass is 32.1. The Morgan fingerprint density at radius 2 is 2.47 bits per heavy atom. The maximum atomic E-state index is 12.2. The lowest BCUT2D eigenvalue weighted by molar-refractivity contribution is -0.155. The summed E-state index contributed by atoms with van der Waals surface area (Å²) in [6.07, 6.45) is 0.774. The molecule has 0 aliphatic carbocycles. The fourth-order valence-corrected chi connectivity index (χ4v) is 2.97. The van der Waals surface area contributed by atoms with Crippen molar-refractivity contribution in [1.29, 1.82) is 0 Å². The van der Waals surface area contributed by atoms with Gasteiger partial charge in [-0.05, 0) is 20.9 Å². The molecule has 1 N–H and O–H groups in total. The zero-order valence-corrected chi connectivity index (χ0v) is 12.5. The lowest BCUT2D eigenvalue weighted by Crippen LogP contribution is -2.57. The van der Waals surface area contributed by atoms with E-state index in [0.29, 0.717) is 19.7 Å². The second kappa shape index (κ2) is 5.98. The first-order valence-corrected chi connectivity index (χ1v) is 7.39. The molecule has 2 heterocycles. The van der Waals surface area contributed by atoms with Crippen molar-refractivity contribution in [3.63, 3.8) is 0 Å². The predicted molar refractivity (Wildman–Crippen MR) is 75.4 cm³/mol. The van der Waals surface area contributed by atoms with Gasteiger partial charge in [0.2, 0.25) is 0 Å². The fourth-order valence-electron chi connectivity index (χ4n) is 2.19. The summed E-state index contributed by atoms with van der Waals surface area (Å²) < 4.78 is 5.64. The van der Waals surface area contributed by atoms with Gasteiger partial charge in [0, 0.05) is 37.1 Å². The minimum atomic E-state index is -0.730. The molecule has 1 aliphatic rings. The Morgan fingerprint density at radius 1 is 1.68 bits per heavy atom. The lowest BCUT2D eigenvalue weighted by Gasteiger charge is -2.37. The van der Waals surface area contributed by atoms with Crippen molar-refractivity contribution in [3.8, 4) is 0 Å². The van der Waals surface area contributed by atoms with Crippen molar-refractivity contribution >= 4 is 17.2 Å². The van der Waals surface area contributed by atoms with Gasteiger partial charge in [-0.15, -0.1) is 11.3 Å². The minimum absolute atomic E-state index is 0.0349. The Morgan fingerprint density at radius 3 is 3.11 bits per heavy atom. The van der Waals surface area contributed by atoms with Crippen LogP contribution in [0.4, 0.5) is 0 Å². The third-order valence-corrected chi connectivity index (χ3v) is 4.26. The van der Waals surface area contributed by atoms with Crippen LogP contribution >= 0.6 is 11.3 Å². The first-order chi connectivity index (χ1) is 8.99. The molecule has 0 unspecified atom stereocenters. The van der Waals surface area contributed by atoms with E-state index in [9.17, 15) is 4.79 Å². The summed E-state index contributed by atoms with van der Waals surface area (Å²) >= 11 is 1.63. The van der Waals surface area contributed by atoms with Gasteiger partial charge in [-0.3, -0.25) is 4.79 Å². The van der Waals surface area contributed by atoms with Gasteiger partial charge < -0.3 is 15.0 Å². The molecule has 0 bridgehead atoms. The topological polar surface area (TPSA) is 54.5 Å². The summed E-state index contributed by atoms with van der Waals surface area (Å²) in [5.41, 5.74) is 0.307. The number of amides is 1. The third kappa shape index (κ3) is 3.75. The predicted octanol–water partition coefficient (Wildman–Crippen LogP) is 0.831. The number of carbonyl (C=O) groups excluding carboxylic acids is 1. The molecule has 1 fully saturated rings. The first kappa shape index (κ1) is 14.4. The number of nitrogens with one attached hydrogen (secondary N) is 1. The molecule has 1 saturated heterocycles. The van der Waals surface area contributed by atoms with E-state index in [1.807, 2.05) is 26.3 Å². The summed E-state index contributed by atoms with van der Waals surface area (Å²) in [6, 6.07) is 0. The molecule has 1 aromatic heterocycles. The van der Waals surface area contributed by atoms with Crippen LogP contribution in [-0.2, 0) is 16.0 Å². The van der Waals surface area contributed by atoms with Crippen LogP contribution in [0.2, 0.25) is 0 Å². The van der Waals surface area contributed by atoms with E-state index in [0.717, 1.165) is 23.7 Å². The van der Waals surface area contributed by atoms with Crippen LogP contribution in [0, 0.1) is 6.92 Å². The highest BCUT2D eigenvalue weighted by molar-refractivity contribution is 7.09. The number of carbonyl (C=O) groups is 1. The SMILES string of the molecule is Cc1csc(CCNC(=O)[C@@]2(C)CN(C)CCO2)n1. The molecule has 1 aliphatic heterocycles. The first-order valence-electron chi connectivity index (χ1n) is 6.51. The summed E-state index contributed by atoms with van der Waals surface area (Å²) in [7, 11) is 2.01. The van der Waals surface area contributed by atoms with Crippen LogP contribution in [0.25, 0.3) is 0 Å². The summed E-state index contributed by atoms with van der Waals surface area (Å²) in [5, 5.41) is 6.03. The Kier molecular flexibility index (Phi) is 4.54. The largest absolute Gasteiger partial charge is 0.363 e. The number of hydrogen-bond acceptors (Lipinski definition) is 5. The molecule has 19 heavy (non-hydrogen) atoms. The second-order valence-electron chi connectivity index (χ2n) is 5.21. The molecule has 1 atom stereocenters. The average Bonchev–Trinajstić information content (AvgIpc) is 2.74. The number of aromatic nitrogens is 1. The zero-order valence-electron chi connectivity index (χ0n) is 11.7. The van der Waals surface area contributed by atoms with Gasteiger partial charge in [0.15, 0.2) is 5.60 Å². The molecule has 5 nitrogen and oxygen atoms in total. The summed E-state index contributed by atoms with van der Waals surface area (Å²) in [4.78, 5) is 18.7. The zero-order chi connectivity index (χ0) is 13.9. The molecule has 1 amide bonds. The van der Waals surface area contributed by atoms with Crippen LogP contribution in [0.15, 0.2) is 5.38 Å². The average molecular weight is 283 g/mol. The van der Waals surface area contributed by atoms with Crippen molar-refractivity contribution in [2.24, 2.45) is 0 Å². The smallest absolute Gasteiger partial charge is 0.253 e. The Bertz CT molecular complexity index is 449. The van der Waals surface area contributed by atoms with E-state index in [-0.39, 0.29) is 5.91 Å². The van der Waals surface area contributed by atoms with Gasteiger partial charge in [0.25, 0.3) is 5.91 Å². The van der Waals surface area contributed by atoms with Crippen molar-refractivity contribution < 1.29 is 9.53 Å². The molecule has 0 aromatic carbocycles. The molecule has 2 rings (SSSR count). The van der Waals surface area contributed by atoms with Gasteiger partial charge in [-0.2, -0.15) is 0 Å². The van der Waals surface area contributed by atoms with Gasteiger partial charge in [0.1, 0.15) is 0 Å². The van der Waals surface area contributed by atoms with Gasteiger partial charge >= 0.3 is 0 Å². The van der Waals surface area contributed by atoms with Crippen molar-refractivity contribution in [3.05, 3.63) is 16.1 Å². The van der Waals surface area contributed by atoms with Crippen LogP contribution in [0.5, 0.6) is 0 Å². The molecule has 6 heteroatoms. The number of morpholine rings is 1. The second-order valence-corrected chi connectivity index (χ2v) is 6.15. The van der Waals surface area contributed by atoms with Crippen LogP contribution in [-0.4, -0.2) is 54.7 Å².